The number of rotatable bonds is 5. The van der Waals surface area contributed by atoms with Crippen LogP contribution >= 0.6 is 11.3 Å². The largest absolute Gasteiger partial charge is 0.480 e. The summed E-state index contributed by atoms with van der Waals surface area (Å²) >= 11 is 1.62. The lowest BCUT2D eigenvalue weighted by Gasteiger charge is -2.26. The van der Waals surface area contributed by atoms with E-state index in [0.717, 1.165) is 24.8 Å². The van der Waals surface area contributed by atoms with Crippen LogP contribution in [0.25, 0.3) is 0 Å². The van der Waals surface area contributed by atoms with Crippen LogP contribution in [-0.2, 0) is 17.6 Å². The molecule has 1 heterocycles. The SMILES string of the molecule is CCCC(C)(NC(=O)c1csc2c1CCC(C)C2)C(=O)O. The lowest BCUT2D eigenvalue weighted by molar-refractivity contribution is -0.144. The van der Waals surface area contributed by atoms with Crippen LogP contribution < -0.4 is 5.32 Å². The van der Waals surface area contributed by atoms with Gasteiger partial charge in [0.1, 0.15) is 5.54 Å². The van der Waals surface area contributed by atoms with Gasteiger partial charge in [-0.2, -0.15) is 0 Å². The molecule has 0 saturated heterocycles. The minimum Gasteiger partial charge on any atom is -0.480 e. The molecule has 0 spiro atoms. The second kappa shape index (κ2) is 6.18. The molecule has 1 aromatic heterocycles. The molecule has 0 saturated carbocycles. The second-order valence-electron chi connectivity index (χ2n) is 6.24. The van der Waals surface area contributed by atoms with E-state index in [-0.39, 0.29) is 5.91 Å². The average Bonchev–Trinajstić information content (AvgIpc) is 2.81. The third-order valence-corrected chi connectivity index (χ3v) is 5.31. The van der Waals surface area contributed by atoms with Crippen molar-refractivity contribution in [3.05, 3.63) is 21.4 Å². The Kier molecular flexibility index (Phi) is 4.71. The molecule has 0 radical (unpaired) electrons. The first-order valence-electron chi connectivity index (χ1n) is 7.52. The summed E-state index contributed by atoms with van der Waals surface area (Å²) in [7, 11) is 0. The van der Waals surface area contributed by atoms with Crippen LogP contribution in [0.3, 0.4) is 0 Å². The van der Waals surface area contributed by atoms with E-state index in [1.54, 1.807) is 18.3 Å². The number of carboxylic acids is 1. The summed E-state index contributed by atoms with van der Waals surface area (Å²) < 4.78 is 0. The molecule has 2 atom stereocenters. The van der Waals surface area contributed by atoms with Gasteiger partial charge in [-0.25, -0.2) is 4.79 Å². The van der Waals surface area contributed by atoms with Crippen molar-refractivity contribution in [3.8, 4) is 0 Å². The standard InChI is InChI=1S/C16H23NO3S/c1-4-7-16(3,15(19)20)17-14(18)12-9-21-13-8-10(2)5-6-11(12)13/h9-10H,4-8H2,1-3H3,(H,17,18)(H,19,20). The Morgan fingerprint density at radius 3 is 2.86 bits per heavy atom. The van der Waals surface area contributed by atoms with Gasteiger partial charge in [0.2, 0.25) is 0 Å². The van der Waals surface area contributed by atoms with Gasteiger partial charge in [-0.05, 0) is 44.1 Å². The van der Waals surface area contributed by atoms with Crippen LogP contribution in [0, 0.1) is 5.92 Å². The minimum absolute atomic E-state index is 0.250. The number of carboxylic acid groups (broad SMARTS) is 1. The van der Waals surface area contributed by atoms with Gasteiger partial charge in [-0.15, -0.1) is 11.3 Å². The number of fused-ring (bicyclic) bond motifs is 1. The molecule has 1 amide bonds. The highest BCUT2D eigenvalue weighted by Crippen LogP contribution is 2.33. The number of amides is 1. The topological polar surface area (TPSA) is 66.4 Å². The number of hydrogen-bond donors (Lipinski definition) is 2. The van der Waals surface area contributed by atoms with E-state index in [4.69, 9.17) is 0 Å². The van der Waals surface area contributed by atoms with Crippen LogP contribution in [0.4, 0.5) is 0 Å². The summed E-state index contributed by atoms with van der Waals surface area (Å²) in [6.45, 7) is 5.73. The van der Waals surface area contributed by atoms with Crippen molar-refractivity contribution in [3.63, 3.8) is 0 Å². The smallest absolute Gasteiger partial charge is 0.329 e. The first-order valence-corrected chi connectivity index (χ1v) is 8.40. The predicted molar refractivity (Wildman–Crippen MR) is 83.9 cm³/mol. The Bertz CT molecular complexity index is 552. The molecule has 0 aliphatic heterocycles. The zero-order valence-electron chi connectivity index (χ0n) is 12.9. The molecule has 1 aromatic rings. The number of carbonyl (C=O) groups is 2. The molecule has 2 unspecified atom stereocenters. The van der Waals surface area contributed by atoms with Gasteiger partial charge in [0, 0.05) is 10.3 Å². The molecular weight excluding hydrogens is 286 g/mol. The van der Waals surface area contributed by atoms with Gasteiger partial charge in [0.15, 0.2) is 0 Å². The summed E-state index contributed by atoms with van der Waals surface area (Å²) in [4.78, 5) is 25.2. The zero-order valence-corrected chi connectivity index (χ0v) is 13.7. The van der Waals surface area contributed by atoms with Crippen LogP contribution in [0.1, 0.15) is 60.8 Å². The van der Waals surface area contributed by atoms with Gasteiger partial charge in [0.25, 0.3) is 5.91 Å². The van der Waals surface area contributed by atoms with Crippen molar-refractivity contribution < 1.29 is 14.7 Å². The molecule has 2 rings (SSSR count). The Morgan fingerprint density at radius 2 is 2.24 bits per heavy atom. The number of nitrogens with one attached hydrogen (secondary N) is 1. The Balaban J connectivity index is 2.19. The normalized spacial score (nSPS) is 20.4. The van der Waals surface area contributed by atoms with Crippen molar-refractivity contribution >= 4 is 23.2 Å². The average molecular weight is 309 g/mol. The third-order valence-electron chi connectivity index (χ3n) is 4.26. The molecule has 0 bridgehead atoms. The predicted octanol–water partition coefficient (Wildman–Crippen LogP) is 3.25. The van der Waals surface area contributed by atoms with E-state index in [0.29, 0.717) is 24.3 Å². The maximum absolute atomic E-state index is 12.5. The fourth-order valence-corrected chi connectivity index (χ4v) is 4.15. The van der Waals surface area contributed by atoms with Gasteiger partial charge in [0.05, 0.1) is 5.56 Å². The van der Waals surface area contributed by atoms with E-state index in [1.165, 1.54) is 4.88 Å². The van der Waals surface area contributed by atoms with Crippen molar-refractivity contribution in [2.45, 2.75) is 58.4 Å². The number of thiophene rings is 1. The van der Waals surface area contributed by atoms with E-state index in [1.807, 2.05) is 12.3 Å². The highest BCUT2D eigenvalue weighted by molar-refractivity contribution is 7.10. The number of hydrogen-bond acceptors (Lipinski definition) is 3. The van der Waals surface area contributed by atoms with Crippen LogP contribution in [0.2, 0.25) is 0 Å². The summed E-state index contributed by atoms with van der Waals surface area (Å²) in [5.74, 6) is -0.563. The first-order chi connectivity index (χ1) is 9.87. The third kappa shape index (κ3) is 3.28. The van der Waals surface area contributed by atoms with Crippen LogP contribution in [0.5, 0.6) is 0 Å². The van der Waals surface area contributed by atoms with Gasteiger partial charge < -0.3 is 10.4 Å². The maximum atomic E-state index is 12.5. The van der Waals surface area contributed by atoms with Gasteiger partial charge in [-0.3, -0.25) is 4.79 Å². The number of aliphatic carboxylic acids is 1. The quantitative estimate of drug-likeness (QED) is 0.877. The Hall–Kier alpha value is -1.36. The zero-order chi connectivity index (χ0) is 15.6. The molecule has 2 N–H and O–H groups in total. The van der Waals surface area contributed by atoms with Crippen molar-refractivity contribution in [2.24, 2.45) is 5.92 Å². The number of carbonyl (C=O) groups excluding carboxylic acids is 1. The minimum atomic E-state index is -1.19. The molecule has 1 aliphatic rings. The molecule has 4 nitrogen and oxygen atoms in total. The maximum Gasteiger partial charge on any atom is 0.329 e. The molecule has 116 valence electrons. The lowest BCUT2D eigenvalue weighted by Crippen LogP contribution is -2.52. The van der Waals surface area contributed by atoms with Crippen LogP contribution in [-0.4, -0.2) is 22.5 Å². The molecule has 5 heteroatoms. The summed E-state index contributed by atoms with van der Waals surface area (Å²) in [5, 5.41) is 14.0. The summed E-state index contributed by atoms with van der Waals surface area (Å²) in [6.07, 6.45) is 4.17. The summed E-state index contributed by atoms with van der Waals surface area (Å²) in [6, 6.07) is 0. The lowest BCUT2D eigenvalue weighted by atomic mass is 9.88. The molecular formula is C16H23NO3S. The van der Waals surface area contributed by atoms with E-state index >= 15 is 0 Å². The van der Waals surface area contributed by atoms with Crippen molar-refractivity contribution in [1.29, 1.82) is 0 Å². The summed E-state index contributed by atoms with van der Waals surface area (Å²) in [5.41, 5.74) is 0.605. The molecule has 0 fully saturated rings. The van der Waals surface area contributed by atoms with Gasteiger partial charge >= 0.3 is 5.97 Å². The van der Waals surface area contributed by atoms with E-state index in [9.17, 15) is 14.7 Å². The second-order valence-corrected chi connectivity index (χ2v) is 7.20. The Morgan fingerprint density at radius 1 is 1.52 bits per heavy atom. The van der Waals surface area contributed by atoms with E-state index in [2.05, 4.69) is 12.2 Å². The van der Waals surface area contributed by atoms with Crippen molar-refractivity contribution in [2.75, 3.05) is 0 Å². The fourth-order valence-electron chi connectivity index (χ4n) is 2.91. The molecule has 1 aliphatic carbocycles. The molecule has 21 heavy (non-hydrogen) atoms. The molecule has 0 aromatic carbocycles. The first kappa shape index (κ1) is 16.0. The van der Waals surface area contributed by atoms with E-state index < -0.39 is 11.5 Å². The fraction of sp³-hybridized carbons (Fsp3) is 0.625. The Labute approximate surface area is 129 Å². The monoisotopic (exact) mass is 309 g/mol. The van der Waals surface area contributed by atoms with Gasteiger partial charge in [-0.1, -0.05) is 20.3 Å². The van der Waals surface area contributed by atoms with Crippen molar-refractivity contribution in [1.82, 2.24) is 5.32 Å². The highest BCUT2D eigenvalue weighted by Gasteiger charge is 2.35. The van der Waals surface area contributed by atoms with Crippen LogP contribution in [0.15, 0.2) is 5.38 Å². The highest BCUT2D eigenvalue weighted by atomic mass is 32.1.